The molecule has 0 atom stereocenters. The first-order valence-corrected chi connectivity index (χ1v) is 8.38. The van der Waals surface area contributed by atoms with Crippen molar-refractivity contribution < 1.29 is 8.78 Å². The summed E-state index contributed by atoms with van der Waals surface area (Å²) in [5.41, 5.74) is 1.26. The molecule has 0 saturated heterocycles. The quantitative estimate of drug-likeness (QED) is 0.619. The van der Waals surface area contributed by atoms with E-state index in [1.807, 2.05) is 24.4 Å². The molecular weight excluding hydrogens is 332 g/mol. The van der Waals surface area contributed by atoms with Crippen molar-refractivity contribution in [2.75, 3.05) is 32.6 Å². The zero-order valence-corrected chi connectivity index (χ0v) is 14.8. The average molecular weight is 353 g/mol. The van der Waals surface area contributed by atoms with E-state index >= 15 is 0 Å². The lowest BCUT2D eigenvalue weighted by Crippen LogP contribution is -2.38. The number of halogens is 2. The average Bonchev–Trinajstić information content (AvgIpc) is 3.04. The van der Waals surface area contributed by atoms with Crippen LogP contribution >= 0.6 is 11.3 Å². The van der Waals surface area contributed by atoms with Crippen LogP contribution in [0.5, 0.6) is 0 Å². The molecule has 0 radical (unpaired) electrons. The van der Waals surface area contributed by atoms with E-state index in [4.69, 9.17) is 0 Å². The summed E-state index contributed by atoms with van der Waals surface area (Å²) < 4.78 is 26.7. The smallest absolute Gasteiger partial charge is 0.191 e. The molecule has 2 rings (SSSR count). The van der Waals surface area contributed by atoms with Crippen LogP contribution in [0.2, 0.25) is 0 Å². The van der Waals surface area contributed by atoms with Crippen molar-refractivity contribution in [3.8, 4) is 0 Å². The summed E-state index contributed by atoms with van der Waals surface area (Å²) in [6, 6.07) is 4.20. The van der Waals surface area contributed by atoms with Crippen LogP contribution in [0.25, 0.3) is 0 Å². The van der Waals surface area contributed by atoms with Gasteiger partial charge in [-0.1, -0.05) is 12.1 Å². The minimum absolute atomic E-state index is 0.341. The van der Waals surface area contributed by atoms with Gasteiger partial charge in [0, 0.05) is 33.1 Å². The lowest BCUT2D eigenvalue weighted by atomic mass is 10.1. The van der Waals surface area contributed by atoms with Gasteiger partial charge < -0.3 is 15.5 Å². The van der Waals surface area contributed by atoms with Gasteiger partial charge in [0.1, 0.15) is 0 Å². The number of benzene rings is 1. The van der Waals surface area contributed by atoms with E-state index in [0.717, 1.165) is 16.9 Å². The number of hydrogen-bond acceptors (Lipinski definition) is 4. The number of guanidine groups is 1. The van der Waals surface area contributed by atoms with Crippen molar-refractivity contribution in [3.05, 3.63) is 46.5 Å². The van der Waals surface area contributed by atoms with Crippen LogP contribution in [0.1, 0.15) is 11.3 Å². The second-order valence-corrected chi connectivity index (χ2v) is 6.17. The SMILES string of the molecule is CN=C(NCCc1cccc(F)c1F)NCc1csc(N(C)C)n1. The van der Waals surface area contributed by atoms with Gasteiger partial charge in [-0.15, -0.1) is 11.3 Å². The van der Waals surface area contributed by atoms with Gasteiger partial charge in [0.2, 0.25) is 0 Å². The number of nitrogens with zero attached hydrogens (tertiary/aromatic N) is 3. The van der Waals surface area contributed by atoms with Crippen molar-refractivity contribution in [1.82, 2.24) is 15.6 Å². The van der Waals surface area contributed by atoms with Crippen LogP contribution in [0.4, 0.5) is 13.9 Å². The third-order valence-corrected chi connectivity index (χ3v) is 4.36. The van der Waals surface area contributed by atoms with Gasteiger partial charge in [0.05, 0.1) is 12.2 Å². The van der Waals surface area contributed by atoms with Gasteiger partial charge in [-0.3, -0.25) is 4.99 Å². The maximum absolute atomic E-state index is 13.6. The van der Waals surface area contributed by atoms with Crippen molar-refractivity contribution in [3.63, 3.8) is 0 Å². The third-order valence-electron chi connectivity index (χ3n) is 3.30. The van der Waals surface area contributed by atoms with E-state index < -0.39 is 11.6 Å². The number of hydrogen-bond donors (Lipinski definition) is 2. The second kappa shape index (κ2) is 8.58. The highest BCUT2D eigenvalue weighted by Crippen LogP contribution is 2.17. The molecule has 0 saturated carbocycles. The number of aliphatic imine (C=N–C) groups is 1. The molecule has 0 spiro atoms. The van der Waals surface area contributed by atoms with E-state index in [1.165, 1.54) is 6.07 Å². The van der Waals surface area contributed by atoms with Gasteiger partial charge in [-0.2, -0.15) is 0 Å². The topological polar surface area (TPSA) is 52.6 Å². The van der Waals surface area contributed by atoms with E-state index in [-0.39, 0.29) is 0 Å². The molecule has 0 aliphatic carbocycles. The van der Waals surface area contributed by atoms with Crippen LogP contribution in [0.15, 0.2) is 28.6 Å². The Morgan fingerprint density at radius 2 is 2.08 bits per heavy atom. The Kier molecular flexibility index (Phi) is 6.48. The van der Waals surface area contributed by atoms with Crippen LogP contribution in [0, 0.1) is 11.6 Å². The van der Waals surface area contributed by atoms with Crippen LogP contribution in [-0.4, -0.2) is 38.6 Å². The molecule has 0 bridgehead atoms. The summed E-state index contributed by atoms with van der Waals surface area (Å²) >= 11 is 1.57. The molecule has 24 heavy (non-hydrogen) atoms. The fraction of sp³-hybridized carbons (Fsp3) is 0.375. The number of aromatic nitrogens is 1. The number of rotatable bonds is 6. The lowest BCUT2D eigenvalue weighted by Gasteiger charge is -2.11. The molecule has 0 fully saturated rings. The Morgan fingerprint density at radius 3 is 2.75 bits per heavy atom. The van der Waals surface area contributed by atoms with Crippen molar-refractivity contribution in [2.24, 2.45) is 4.99 Å². The second-order valence-electron chi connectivity index (χ2n) is 5.33. The molecular formula is C16H21F2N5S. The maximum Gasteiger partial charge on any atom is 0.191 e. The van der Waals surface area contributed by atoms with E-state index in [9.17, 15) is 8.78 Å². The normalized spacial score (nSPS) is 11.5. The summed E-state index contributed by atoms with van der Waals surface area (Å²) in [4.78, 5) is 10.5. The Balaban J connectivity index is 1.81. The molecule has 1 aromatic carbocycles. The van der Waals surface area contributed by atoms with Crippen molar-refractivity contribution in [1.29, 1.82) is 0 Å². The Labute approximate surface area is 144 Å². The standard InChI is InChI=1S/C16H21F2N5S/c1-19-15(21-9-12-10-24-16(22-12)23(2)3)20-8-7-11-5-4-6-13(17)14(11)18/h4-6,10H,7-9H2,1-3H3,(H2,19,20,21). The first-order valence-electron chi connectivity index (χ1n) is 7.50. The predicted molar refractivity (Wildman–Crippen MR) is 94.7 cm³/mol. The molecule has 5 nitrogen and oxygen atoms in total. The maximum atomic E-state index is 13.6. The monoisotopic (exact) mass is 353 g/mol. The number of nitrogens with one attached hydrogen (secondary N) is 2. The Bertz CT molecular complexity index is 700. The Morgan fingerprint density at radius 1 is 1.29 bits per heavy atom. The predicted octanol–water partition coefficient (Wildman–Crippen LogP) is 2.40. The van der Waals surface area contributed by atoms with Gasteiger partial charge in [-0.05, 0) is 18.1 Å². The van der Waals surface area contributed by atoms with E-state index in [2.05, 4.69) is 20.6 Å². The fourth-order valence-corrected chi connectivity index (χ4v) is 2.79. The molecule has 2 aromatic rings. The van der Waals surface area contributed by atoms with Gasteiger partial charge in [0.25, 0.3) is 0 Å². The largest absolute Gasteiger partial charge is 0.356 e. The minimum Gasteiger partial charge on any atom is -0.356 e. The minimum atomic E-state index is -0.824. The molecule has 1 aromatic heterocycles. The van der Waals surface area contributed by atoms with Gasteiger partial charge in [0.15, 0.2) is 22.7 Å². The highest BCUT2D eigenvalue weighted by atomic mass is 32.1. The Hall–Kier alpha value is -2.22. The highest BCUT2D eigenvalue weighted by Gasteiger charge is 2.08. The molecule has 8 heteroatoms. The van der Waals surface area contributed by atoms with Crippen molar-refractivity contribution >= 4 is 22.4 Å². The van der Waals surface area contributed by atoms with Crippen LogP contribution in [0.3, 0.4) is 0 Å². The zero-order chi connectivity index (χ0) is 17.5. The summed E-state index contributed by atoms with van der Waals surface area (Å²) in [6.45, 7) is 0.985. The molecule has 130 valence electrons. The van der Waals surface area contributed by atoms with E-state index in [0.29, 0.717) is 31.0 Å². The first kappa shape index (κ1) is 18.1. The van der Waals surface area contributed by atoms with Crippen LogP contribution < -0.4 is 15.5 Å². The summed E-state index contributed by atoms with van der Waals surface area (Å²) in [5, 5.41) is 9.15. The third kappa shape index (κ3) is 4.89. The van der Waals surface area contributed by atoms with Gasteiger partial charge in [-0.25, -0.2) is 13.8 Å². The molecule has 0 unspecified atom stereocenters. The van der Waals surface area contributed by atoms with Crippen molar-refractivity contribution in [2.45, 2.75) is 13.0 Å². The summed E-state index contributed by atoms with van der Waals surface area (Å²) in [5.74, 6) is -1.03. The lowest BCUT2D eigenvalue weighted by molar-refractivity contribution is 0.498. The molecule has 0 amide bonds. The number of thiazole rings is 1. The first-order chi connectivity index (χ1) is 11.5. The van der Waals surface area contributed by atoms with Crippen LogP contribution in [-0.2, 0) is 13.0 Å². The summed E-state index contributed by atoms with van der Waals surface area (Å²) in [7, 11) is 5.55. The summed E-state index contributed by atoms with van der Waals surface area (Å²) in [6.07, 6.45) is 0.367. The highest BCUT2D eigenvalue weighted by molar-refractivity contribution is 7.13. The number of anilines is 1. The molecule has 1 heterocycles. The fourth-order valence-electron chi connectivity index (χ4n) is 2.03. The zero-order valence-electron chi connectivity index (χ0n) is 13.9. The molecule has 0 aliphatic heterocycles. The van der Waals surface area contributed by atoms with E-state index in [1.54, 1.807) is 24.5 Å². The molecule has 0 aliphatic rings. The molecule has 2 N–H and O–H groups in total. The van der Waals surface area contributed by atoms with Gasteiger partial charge >= 0.3 is 0 Å².